The first-order valence-corrected chi connectivity index (χ1v) is 8.83. The summed E-state index contributed by atoms with van der Waals surface area (Å²) in [5.41, 5.74) is 3.23. The van der Waals surface area contributed by atoms with E-state index in [1.807, 2.05) is 0 Å². The Bertz CT molecular complexity index is 520. The Morgan fingerprint density at radius 2 is 2.09 bits per heavy atom. The first kappa shape index (κ1) is 15.8. The highest BCUT2D eigenvalue weighted by molar-refractivity contribution is 5.66. The molecule has 0 aliphatic heterocycles. The number of allylic oxidation sites excluding steroid dienone is 2. The van der Waals surface area contributed by atoms with E-state index >= 15 is 0 Å². The minimum Gasteiger partial charge on any atom is -0.481 e. The third-order valence-corrected chi connectivity index (χ3v) is 7.35. The molecule has 3 aliphatic carbocycles. The molecule has 3 aliphatic rings. The number of carboxylic acid groups (broad SMARTS) is 1. The molecule has 5 atom stereocenters. The molecule has 0 radical (unpaired) electrons. The van der Waals surface area contributed by atoms with Crippen molar-refractivity contribution < 1.29 is 9.90 Å². The lowest BCUT2D eigenvalue weighted by molar-refractivity contribution is -0.140. The van der Waals surface area contributed by atoms with Crippen LogP contribution >= 0.6 is 0 Å². The molecule has 1 N–H and O–H groups in total. The van der Waals surface area contributed by atoms with Crippen molar-refractivity contribution in [1.82, 2.24) is 0 Å². The first-order chi connectivity index (χ1) is 10.3. The molecule has 3 rings (SSSR count). The summed E-state index contributed by atoms with van der Waals surface area (Å²) in [7, 11) is 0. The van der Waals surface area contributed by atoms with Gasteiger partial charge in [0.15, 0.2) is 0 Å². The standard InChI is InChI=1S/C20H30O2/c1-13(2)16-7-10-20-11-14(3)15(12-20)5-6-17(20)19(16,4)9-8-18(21)22/h15-17H,1,3,5-12H2,2,4H3,(H,21,22)/t15-,16-,17+,19-,20-/m1/s1. The Morgan fingerprint density at radius 3 is 2.73 bits per heavy atom. The maximum Gasteiger partial charge on any atom is 0.303 e. The molecule has 0 saturated heterocycles. The van der Waals surface area contributed by atoms with Crippen molar-refractivity contribution in [2.75, 3.05) is 0 Å². The molecule has 3 saturated carbocycles. The zero-order valence-corrected chi connectivity index (χ0v) is 14.2. The Labute approximate surface area is 134 Å². The monoisotopic (exact) mass is 302 g/mol. The highest BCUT2D eigenvalue weighted by Crippen LogP contribution is 2.69. The van der Waals surface area contributed by atoms with Crippen LogP contribution in [0.5, 0.6) is 0 Å². The van der Waals surface area contributed by atoms with Crippen molar-refractivity contribution in [3.8, 4) is 0 Å². The summed E-state index contributed by atoms with van der Waals surface area (Å²) in [6.45, 7) is 13.1. The molecule has 22 heavy (non-hydrogen) atoms. The number of hydrogen-bond acceptors (Lipinski definition) is 1. The van der Waals surface area contributed by atoms with Gasteiger partial charge in [-0.3, -0.25) is 4.79 Å². The predicted octanol–water partition coefficient (Wildman–Crippen LogP) is 5.21. The van der Waals surface area contributed by atoms with Gasteiger partial charge in [-0.05, 0) is 80.5 Å². The van der Waals surface area contributed by atoms with Crippen LogP contribution in [0.2, 0.25) is 0 Å². The van der Waals surface area contributed by atoms with Crippen LogP contribution in [0, 0.1) is 28.6 Å². The van der Waals surface area contributed by atoms with E-state index in [0.29, 0.717) is 17.3 Å². The van der Waals surface area contributed by atoms with Gasteiger partial charge in [0, 0.05) is 6.42 Å². The number of carboxylic acids is 1. The molecule has 0 aromatic carbocycles. The molecule has 0 heterocycles. The summed E-state index contributed by atoms with van der Waals surface area (Å²) < 4.78 is 0. The largest absolute Gasteiger partial charge is 0.481 e. The summed E-state index contributed by atoms with van der Waals surface area (Å²) >= 11 is 0. The lowest BCUT2D eigenvalue weighted by Gasteiger charge is -2.58. The molecule has 0 amide bonds. The van der Waals surface area contributed by atoms with Crippen LogP contribution in [0.4, 0.5) is 0 Å². The van der Waals surface area contributed by atoms with E-state index in [9.17, 15) is 9.90 Å². The van der Waals surface area contributed by atoms with Crippen LogP contribution in [0.25, 0.3) is 0 Å². The van der Waals surface area contributed by atoms with Gasteiger partial charge in [0.25, 0.3) is 0 Å². The van der Waals surface area contributed by atoms with E-state index in [2.05, 4.69) is 27.0 Å². The molecule has 2 nitrogen and oxygen atoms in total. The van der Waals surface area contributed by atoms with Gasteiger partial charge >= 0.3 is 5.97 Å². The molecule has 122 valence electrons. The summed E-state index contributed by atoms with van der Waals surface area (Å²) in [5.74, 6) is 1.20. The van der Waals surface area contributed by atoms with Crippen LogP contribution in [-0.4, -0.2) is 11.1 Å². The summed E-state index contributed by atoms with van der Waals surface area (Å²) in [6.07, 6.45) is 8.56. The lowest BCUT2D eigenvalue weighted by atomic mass is 9.46. The van der Waals surface area contributed by atoms with Gasteiger partial charge in [-0.2, -0.15) is 0 Å². The SMILES string of the molecule is C=C1C[C@@]23CC[C@H](C(=C)C)[C@@](C)(CCC(=O)O)[C@@H]2CC[C@@H]1C3. The molecule has 2 heteroatoms. The van der Waals surface area contributed by atoms with E-state index < -0.39 is 5.97 Å². The third kappa shape index (κ3) is 2.26. The van der Waals surface area contributed by atoms with E-state index in [-0.39, 0.29) is 11.8 Å². The zero-order chi connectivity index (χ0) is 16.1. The maximum absolute atomic E-state index is 11.2. The topological polar surface area (TPSA) is 37.3 Å². The summed E-state index contributed by atoms with van der Waals surface area (Å²) in [4.78, 5) is 11.2. The Morgan fingerprint density at radius 1 is 1.36 bits per heavy atom. The fourth-order valence-electron chi connectivity index (χ4n) is 6.48. The highest BCUT2D eigenvalue weighted by atomic mass is 16.4. The molecule has 0 aromatic heterocycles. The van der Waals surface area contributed by atoms with Crippen molar-refractivity contribution in [2.45, 2.75) is 65.2 Å². The number of hydrogen-bond donors (Lipinski definition) is 1. The smallest absolute Gasteiger partial charge is 0.303 e. The van der Waals surface area contributed by atoms with Gasteiger partial charge in [0.1, 0.15) is 0 Å². The molecule has 0 aromatic rings. The number of aliphatic carboxylic acids is 1. The summed E-state index contributed by atoms with van der Waals surface area (Å²) in [6, 6.07) is 0. The van der Waals surface area contributed by atoms with E-state index in [1.165, 1.54) is 49.7 Å². The van der Waals surface area contributed by atoms with Crippen molar-refractivity contribution in [2.24, 2.45) is 28.6 Å². The van der Waals surface area contributed by atoms with Gasteiger partial charge < -0.3 is 5.11 Å². The average molecular weight is 302 g/mol. The van der Waals surface area contributed by atoms with Crippen molar-refractivity contribution in [1.29, 1.82) is 0 Å². The molecular weight excluding hydrogens is 272 g/mol. The maximum atomic E-state index is 11.2. The van der Waals surface area contributed by atoms with Crippen molar-refractivity contribution in [3.05, 3.63) is 24.3 Å². The van der Waals surface area contributed by atoms with Crippen LogP contribution in [0.3, 0.4) is 0 Å². The van der Waals surface area contributed by atoms with Gasteiger partial charge in [-0.15, -0.1) is 0 Å². The van der Waals surface area contributed by atoms with E-state index in [0.717, 1.165) is 12.3 Å². The van der Waals surface area contributed by atoms with Crippen LogP contribution < -0.4 is 0 Å². The number of carbonyl (C=O) groups is 1. The fourth-order valence-corrected chi connectivity index (χ4v) is 6.48. The molecular formula is C20H30O2. The quantitative estimate of drug-likeness (QED) is 0.724. The molecule has 1 spiro atoms. The van der Waals surface area contributed by atoms with Gasteiger partial charge in [-0.25, -0.2) is 0 Å². The molecule has 0 unspecified atom stereocenters. The van der Waals surface area contributed by atoms with Gasteiger partial charge in [0.05, 0.1) is 0 Å². The number of rotatable bonds is 4. The Kier molecular flexibility index (Phi) is 3.78. The highest BCUT2D eigenvalue weighted by Gasteiger charge is 2.59. The average Bonchev–Trinajstić information content (AvgIpc) is 2.66. The minimum atomic E-state index is -0.661. The molecule has 3 fully saturated rings. The van der Waals surface area contributed by atoms with Gasteiger partial charge in [0.2, 0.25) is 0 Å². The first-order valence-electron chi connectivity index (χ1n) is 8.83. The van der Waals surface area contributed by atoms with Crippen LogP contribution in [0.1, 0.15) is 65.2 Å². The zero-order valence-electron chi connectivity index (χ0n) is 14.2. The Hall–Kier alpha value is -1.05. The van der Waals surface area contributed by atoms with Gasteiger partial charge in [-0.1, -0.05) is 31.2 Å². The minimum absolute atomic E-state index is 0.0953. The fraction of sp³-hybridized carbons (Fsp3) is 0.750. The second kappa shape index (κ2) is 5.25. The van der Waals surface area contributed by atoms with E-state index in [4.69, 9.17) is 0 Å². The predicted molar refractivity (Wildman–Crippen MR) is 89.5 cm³/mol. The van der Waals surface area contributed by atoms with Crippen molar-refractivity contribution in [3.63, 3.8) is 0 Å². The van der Waals surface area contributed by atoms with Crippen LogP contribution in [0.15, 0.2) is 24.3 Å². The van der Waals surface area contributed by atoms with Crippen molar-refractivity contribution >= 4 is 5.97 Å². The number of fused-ring (bicyclic) bond motifs is 1. The second-order valence-corrected chi connectivity index (χ2v) is 8.57. The normalized spacial score (nSPS) is 43.7. The Balaban J connectivity index is 1.95. The lowest BCUT2D eigenvalue weighted by Crippen LogP contribution is -2.50. The molecule has 2 bridgehead atoms. The summed E-state index contributed by atoms with van der Waals surface area (Å²) in [5, 5.41) is 9.21. The third-order valence-electron chi connectivity index (χ3n) is 7.35. The van der Waals surface area contributed by atoms with Crippen LogP contribution in [-0.2, 0) is 4.79 Å². The second-order valence-electron chi connectivity index (χ2n) is 8.57. The van der Waals surface area contributed by atoms with E-state index in [1.54, 1.807) is 0 Å².